The average molecular weight is 439 g/mol. The molecule has 0 aromatic heterocycles. The summed E-state index contributed by atoms with van der Waals surface area (Å²) >= 11 is 0. The molecule has 0 saturated heterocycles. The van der Waals surface area contributed by atoms with Gasteiger partial charge in [0.25, 0.3) is 0 Å². The lowest BCUT2D eigenvalue weighted by atomic mass is 9.88. The topological polar surface area (TPSA) is 55.8 Å². The van der Waals surface area contributed by atoms with Crippen molar-refractivity contribution in [2.24, 2.45) is 11.8 Å². The minimum absolute atomic E-state index is 0.275. The molecule has 4 rings (SSSR count). The zero-order valence-electron chi connectivity index (χ0n) is 19.1. The van der Waals surface area contributed by atoms with Gasteiger partial charge in [-0.05, 0) is 68.4 Å². The van der Waals surface area contributed by atoms with Crippen LogP contribution in [0.2, 0.25) is 0 Å². The molecule has 4 heteroatoms. The standard InChI is InChI=1S/C14H20O2.C14H18O2/c2*15-10-12-6-8-14(9-7-12)16-11-13-4-2-1-3-5-13/h1-5,12,14-15H,6-11H2;1-5,10,12,14H,6-9,11H2. The smallest absolute Gasteiger partial charge is 0.123 e. The molecule has 0 heterocycles. The second-order valence-electron chi connectivity index (χ2n) is 9.09. The maximum atomic E-state index is 10.6. The van der Waals surface area contributed by atoms with E-state index in [0.717, 1.165) is 64.3 Å². The van der Waals surface area contributed by atoms with Crippen molar-refractivity contribution in [3.05, 3.63) is 71.8 Å². The first kappa shape index (κ1) is 24.6. The molecule has 4 nitrogen and oxygen atoms in total. The second-order valence-corrected chi connectivity index (χ2v) is 9.09. The Balaban J connectivity index is 0.000000181. The molecule has 0 atom stereocenters. The summed E-state index contributed by atoms with van der Waals surface area (Å²) in [4.78, 5) is 10.6. The SMILES string of the molecule is O=CC1CCC(OCc2ccccc2)CC1.OCC1CCC(OCc2ccccc2)CC1. The molecule has 0 aliphatic heterocycles. The number of aldehydes is 1. The van der Waals surface area contributed by atoms with Gasteiger partial charge in [-0.15, -0.1) is 0 Å². The van der Waals surface area contributed by atoms with Crippen LogP contribution >= 0.6 is 0 Å². The molecule has 0 spiro atoms. The largest absolute Gasteiger partial charge is 0.396 e. The molecular formula is C28H38O4. The van der Waals surface area contributed by atoms with E-state index in [1.54, 1.807) is 0 Å². The van der Waals surface area contributed by atoms with E-state index in [9.17, 15) is 4.79 Å². The van der Waals surface area contributed by atoms with E-state index in [1.165, 1.54) is 11.1 Å². The molecule has 0 radical (unpaired) electrons. The summed E-state index contributed by atoms with van der Waals surface area (Å²) in [5.41, 5.74) is 2.46. The quantitative estimate of drug-likeness (QED) is 0.536. The maximum absolute atomic E-state index is 10.6. The van der Waals surface area contributed by atoms with E-state index in [-0.39, 0.29) is 5.92 Å². The normalized spacial score (nSPS) is 25.4. The van der Waals surface area contributed by atoms with Gasteiger partial charge in [0.2, 0.25) is 0 Å². The molecule has 1 N–H and O–H groups in total. The average Bonchev–Trinajstić information content (AvgIpc) is 2.88. The predicted octanol–water partition coefficient (Wildman–Crippen LogP) is 5.72. The van der Waals surface area contributed by atoms with Crippen LogP contribution in [0.1, 0.15) is 62.5 Å². The lowest BCUT2D eigenvalue weighted by Crippen LogP contribution is -2.23. The Labute approximate surface area is 193 Å². The number of rotatable bonds is 8. The predicted molar refractivity (Wildman–Crippen MR) is 127 cm³/mol. The Kier molecular flexibility index (Phi) is 10.9. The van der Waals surface area contributed by atoms with Crippen LogP contribution in [0, 0.1) is 11.8 Å². The van der Waals surface area contributed by atoms with Crippen molar-refractivity contribution in [2.45, 2.75) is 76.8 Å². The highest BCUT2D eigenvalue weighted by Gasteiger charge is 2.21. The highest BCUT2D eigenvalue weighted by molar-refractivity contribution is 5.53. The Morgan fingerprint density at radius 1 is 0.688 bits per heavy atom. The summed E-state index contributed by atoms with van der Waals surface area (Å²) in [7, 11) is 0. The van der Waals surface area contributed by atoms with Gasteiger partial charge < -0.3 is 19.4 Å². The summed E-state index contributed by atoms with van der Waals surface area (Å²) in [6, 6.07) is 20.5. The van der Waals surface area contributed by atoms with Gasteiger partial charge in [0.05, 0.1) is 25.4 Å². The fraction of sp³-hybridized carbons (Fsp3) is 0.536. The number of carbonyl (C=O) groups is 1. The van der Waals surface area contributed by atoms with Crippen LogP contribution in [0.3, 0.4) is 0 Å². The molecule has 0 amide bonds. The zero-order valence-corrected chi connectivity index (χ0v) is 19.1. The van der Waals surface area contributed by atoms with Crippen LogP contribution in [0.15, 0.2) is 60.7 Å². The molecule has 174 valence electrons. The van der Waals surface area contributed by atoms with E-state index in [4.69, 9.17) is 14.6 Å². The third kappa shape index (κ3) is 8.85. The first-order valence-corrected chi connectivity index (χ1v) is 12.1. The zero-order chi connectivity index (χ0) is 22.4. The van der Waals surface area contributed by atoms with Gasteiger partial charge in [-0.2, -0.15) is 0 Å². The highest BCUT2D eigenvalue weighted by Crippen LogP contribution is 2.26. The van der Waals surface area contributed by atoms with Crippen LogP contribution in [-0.4, -0.2) is 30.2 Å². The van der Waals surface area contributed by atoms with Crippen LogP contribution in [0.4, 0.5) is 0 Å². The van der Waals surface area contributed by atoms with Crippen molar-refractivity contribution in [1.82, 2.24) is 0 Å². The van der Waals surface area contributed by atoms with Gasteiger partial charge in [0, 0.05) is 12.5 Å². The molecule has 2 fully saturated rings. The van der Waals surface area contributed by atoms with Crippen molar-refractivity contribution >= 4 is 6.29 Å². The monoisotopic (exact) mass is 438 g/mol. The van der Waals surface area contributed by atoms with Gasteiger partial charge in [-0.25, -0.2) is 0 Å². The minimum atomic E-state index is 0.275. The summed E-state index contributed by atoms with van der Waals surface area (Å²) in [6.45, 7) is 1.75. The van der Waals surface area contributed by atoms with Crippen molar-refractivity contribution in [2.75, 3.05) is 6.61 Å². The highest BCUT2D eigenvalue weighted by atomic mass is 16.5. The van der Waals surface area contributed by atoms with Crippen LogP contribution in [-0.2, 0) is 27.5 Å². The number of aliphatic hydroxyl groups is 1. The summed E-state index contributed by atoms with van der Waals surface area (Å²) in [5, 5.41) is 9.04. The van der Waals surface area contributed by atoms with Gasteiger partial charge in [-0.1, -0.05) is 60.7 Å². The van der Waals surface area contributed by atoms with Crippen LogP contribution < -0.4 is 0 Å². The number of carbonyl (C=O) groups excluding carboxylic acids is 1. The molecule has 2 saturated carbocycles. The van der Waals surface area contributed by atoms with Gasteiger partial charge in [0.15, 0.2) is 0 Å². The number of hydrogen-bond donors (Lipinski definition) is 1. The fourth-order valence-corrected chi connectivity index (χ4v) is 4.45. The third-order valence-corrected chi connectivity index (χ3v) is 6.62. The van der Waals surface area contributed by atoms with Gasteiger partial charge in [0.1, 0.15) is 6.29 Å². The van der Waals surface area contributed by atoms with Crippen molar-refractivity contribution in [3.8, 4) is 0 Å². The number of aliphatic hydroxyl groups excluding tert-OH is 1. The number of ether oxygens (including phenoxy) is 2. The molecule has 32 heavy (non-hydrogen) atoms. The van der Waals surface area contributed by atoms with E-state index in [1.807, 2.05) is 36.4 Å². The Hall–Kier alpha value is -2.01. The van der Waals surface area contributed by atoms with Crippen molar-refractivity contribution in [1.29, 1.82) is 0 Å². The number of hydrogen-bond acceptors (Lipinski definition) is 4. The minimum Gasteiger partial charge on any atom is -0.396 e. The number of benzene rings is 2. The Morgan fingerprint density at radius 2 is 1.12 bits per heavy atom. The lowest BCUT2D eigenvalue weighted by Gasteiger charge is -2.27. The Morgan fingerprint density at radius 3 is 1.53 bits per heavy atom. The van der Waals surface area contributed by atoms with E-state index in [2.05, 4.69) is 24.3 Å². The molecule has 0 unspecified atom stereocenters. The van der Waals surface area contributed by atoms with E-state index < -0.39 is 0 Å². The summed E-state index contributed by atoms with van der Waals surface area (Å²) in [5.74, 6) is 0.785. The van der Waals surface area contributed by atoms with Crippen LogP contribution in [0.5, 0.6) is 0 Å². The molecular weight excluding hydrogens is 400 g/mol. The fourth-order valence-electron chi connectivity index (χ4n) is 4.45. The molecule has 0 bridgehead atoms. The Bertz CT molecular complexity index is 733. The summed E-state index contributed by atoms with van der Waals surface area (Å²) in [6.07, 6.45) is 10.3. The van der Waals surface area contributed by atoms with Gasteiger partial charge >= 0.3 is 0 Å². The molecule has 2 aliphatic rings. The third-order valence-electron chi connectivity index (χ3n) is 6.62. The molecule has 2 aliphatic carbocycles. The van der Waals surface area contributed by atoms with Crippen molar-refractivity contribution in [3.63, 3.8) is 0 Å². The maximum Gasteiger partial charge on any atom is 0.123 e. The lowest BCUT2D eigenvalue weighted by molar-refractivity contribution is -0.113. The van der Waals surface area contributed by atoms with Crippen LogP contribution in [0.25, 0.3) is 0 Å². The molecule has 2 aromatic carbocycles. The molecule has 2 aromatic rings. The first-order chi connectivity index (χ1) is 15.8. The van der Waals surface area contributed by atoms with E-state index in [0.29, 0.717) is 31.3 Å². The van der Waals surface area contributed by atoms with Gasteiger partial charge in [-0.3, -0.25) is 0 Å². The van der Waals surface area contributed by atoms with E-state index >= 15 is 0 Å². The van der Waals surface area contributed by atoms with Crippen molar-refractivity contribution < 1.29 is 19.4 Å². The second kappa shape index (κ2) is 14.2. The first-order valence-electron chi connectivity index (χ1n) is 12.1. The summed E-state index contributed by atoms with van der Waals surface area (Å²) < 4.78 is 11.7.